The van der Waals surface area contributed by atoms with E-state index in [4.69, 9.17) is 5.73 Å². The van der Waals surface area contributed by atoms with Gasteiger partial charge in [0.25, 0.3) is 0 Å². The zero-order valence-electron chi connectivity index (χ0n) is 10.3. The fourth-order valence-corrected chi connectivity index (χ4v) is 2.52. The van der Waals surface area contributed by atoms with Gasteiger partial charge in [0.05, 0.1) is 0 Å². The molecule has 1 saturated carbocycles. The molecule has 0 radical (unpaired) electrons. The maximum absolute atomic E-state index is 5.89. The predicted octanol–water partition coefficient (Wildman–Crippen LogP) is 3.43. The molecule has 0 saturated heterocycles. The predicted molar refractivity (Wildman–Crippen MR) is 70.6 cm³/mol. The molecule has 0 aromatic heterocycles. The summed E-state index contributed by atoms with van der Waals surface area (Å²) in [6.45, 7) is 5.49. The second-order valence-corrected chi connectivity index (χ2v) is 5.12. The van der Waals surface area contributed by atoms with Gasteiger partial charge >= 0.3 is 0 Å². The van der Waals surface area contributed by atoms with Gasteiger partial charge in [-0.05, 0) is 42.9 Å². The highest BCUT2D eigenvalue weighted by molar-refractivity contribution is 5.58. The van der Waals surface area contributed by atoms with E-state index in [0.717, 1.165) is 35.3 Å². The summed E-state index contributed by atoms with van der Waals surface area (Å²) in [7, 11) is 0. The second kappa shape index (κ2) is 4.77. The third kappa shape index (κ3) is 2.49. The Labute approximate surface area is 98.2 Å². The summed E-state index contributed by atoms with van der Waals surface area (Å²) in [5.74, 6) is 1.71. The molecule has 1 aliphatic rings. The second-order valence-electron chi connectivity index (χ2n) is 5.12. The zero-order valence-corrected chi connectivity index (χ0v) is 10.3. The van der Waals surface area contributed by atoms with E-state index in [1.54, 1.807) is 0 Å². The maximum atomic E-state index is 5.89. The Morgan fingerprint density at radius 3 is 2.81 bits per heavy atom. The van der Waals surface area contributed by atoms with Gasteiger partial charge in [0.2, 0.25) is 0 Å². The number of rotatable bonds is 3. The lowest BCUT2D eigenvalue weighted by atomic mass is 9.98. The first-order chi connectivity index (χ1) is 7.66. The number of nitrogens with one attached hydrogen (secondary N) is 1. The lowest BCUT2D eigenvalue weighted by Gasteiger charge is -2.17. The van der Waals surface area contributed by atoms with Crippen molar-refractivity contribution in [2.45, 2.75) is 33.1 Å². The molecule has 0 amide bonds. The highest BCUT2D eigenvalue weighted by Crippen LogP contribution is 2.31. The third-order valence-corrected chi connectivity index (χ3v) is 3.89. The molecule has 1 fully saturated rings. The highest BCUT2D eigenvalue weighted by atomic mass is 14.9. The first-order valence-electron chi connectivity index (χ1n) is 6.27. The first kappa shape index (κ1) is 11.3. The van der Waals surface area contributed by atoms with Gasteiger partial charge in [-0.1, -0.05) is 25.8 Å². The Hall–Kier alpha value is -1.18. The molecule has 2 rings (SSSR count). The number of nitrogens with two attached hydrogens (primary N) is 1. The minimum absolute atomic E-state index is 0.836. The fraction of sp³-hybridized carbons (Fsp3) is 0.571. The average molecular weight is 218 g/mol. The van der Waals surface area contributed by atoms with Gasteiger partial charge in [0.15, 0.2) is 0 Å². The quantitative estimate of drug-likeness (QED) is 0.763. The Balaban J connectivity index is 1.91. The topological polar surface area (TPSA) is 38.0 Å². The van der Waals surface area contributed by atoms with Crippen LogP contribution in [0, 0.1) is 18.8 Å². The van der Waals surface area contributed by atoms with Crippen LogP contribution < -0.4 is 11.1 Å². The van der Waals surface area contributed by atoms with E-state index >= 15 is 0 Å². The van der Waals surface area contributed by atoms with Crippen molar-refractivity contribution in [1.29, 1.82) is 0 Å². The molecule has 0 spiro atoms. The van der Waals surface area contributed by atoms with Crippen LogP contribution in [0.5, 0.6) is 0 Å². The summed E-state index contributed by atoms with van der Waals surface area (Å²) < 4.78 is 0. The largest absolute Gasteiger partial charge is 0.398 e. The fourth-order valence-electron chi connectivity index (χ4n) is 2.52. The third-order valence-electron chi connectivity index (χ3n) is 3.89. The molecule has 88 valence electrons. The molecule has 1 aliphatic carbocycles. The molecule has 0 bridgehead atoms. The normalized spacial score (nSPS) is 24.6. The van der Waals surface area contributed by atoms with Crippen molar-refractivity contribution in [2.24, 2.45) is 11.8 Å². The van der Waals surface area contributed by atoms with E-state index in [0.29, 0.717) is 0 Å². The van der Waals surface area contributed by atoms with E-state index in [2.05, 4.69) is 24.4 Å². The van der Waals surface area contributed by atoms with Crippen molar-refractivity contribution in [3.05, 3.63) is 23.8 Å². The van der Waals surface area contributed by atoms with Crippen molar-refractivity contribution >= 4 is 11.4 Å². The lowest BCUT2D eigenvalue weighted by molar-refractivity contribution is 0.440. The zero-order chi connectivity index (χ0) is 11.5. The van der Waals surface area contributed by atoms with Gasteiger partial charge in [-0.25, -0.2) is 0 Å². The smallest absolute Gasteiger partial charge is 0.0364 e. The number of nitrogen functional groups attached to an aromatic ring is 1. The minimum atomic E-state index is 0.836. The molecule has 0 aliphatic heterocycles. The van der Waals surface area contributed by atoms with Gasteiger partial charge < -0.3 is 11.1 Å². The van der Waals surface area contributed by atoms with E-state index in [9.17, 15) is 0 Å². The van der Waals surface area contributed by atoms with Crippen molar-refractivity contribution in [3.63, 3.8) is 0 Å². The first-order valence-corrected chi connectivity index (χ1v) is 6.27. The van der Waals surface area contributed by atoms with E-state index in [-0.39, 0.29) is 0 Å². The Bertz CT molecular complexity index is 360. The van der Waals surface area contributed by atoms with Gasteiger partial charge in [0, 0.05) is 17.9 Å². The van der Waals surface area contributed by atoms with Crippen LogP contribution in [-0.4, -0.2) is 6.54 Å². The Kier molecular flexibility index (Phi) is 3.37. The van der Waals surface area contributed by atoms with E-state index in [1.807, 2.05) is 13.0 Å². The SMILES string of the molecule is Cc1ccc(NCC2CCCC2C)cc1N. The molecule has 0 heterocycles. The molecule has 2 unspecified atom stereocenters. The number of hydrogen-bond acceptors (Lipinski definition) is 2. The van der Waals surface area contributed by atoms with Crippen LogP contribution in [0.4, 0.5) is 11.4 Å². The number of anilines is 2. The van der Waals surface area contributed by atoms with Crippen molar-refractivity contribution in [2.75, 3.05) is 17.6 Å². The number of aryl methyl sites for hydroxylation is 1. The molecule has 16 heavy (non-hydrogen) atoms. The van der Waals surface area contributed by atoms with Crippen LogP contribution in [0.2, 0.25) is 0 Å². The Morgan fingerprint density at radius 2 is 2.19 bits per heavy atom. The van der Waals surface area contributed by atoms with Crippen LogP contribution in [0.25, 0.3) is 0 Å². The monoisotopic (exact) mass is 218 g/mol. The summed E-state index contributed by atoms with van der Waals surface area (Å²) in [6.07, 6.45) is 4.15. The molecule has 1 aromatic rings. The average Bonchev–Trinajstić information content (AvgIpc) is 2.66. The van der Waals surface area contributed by atoms with Crippen LogP contribution >= 0.6 is 0 Å². The molecule has 1 aromatic carbocycles. The van der Waals surface area contributed by atoms with Gasteiger partial charge in [-0.3, -0.25) is 0 Å². The molecular weight excluding hydrogens is 196 g/mol. The van der Waals surface area contributed by atoms with Crippen molar-refractivity contribution in [1.82, 2.24) is 0 Å². The Morgan fingerprint density at radius 1 is 1.38 bits per heavy atom. The van der Waals surface area contributed by atoms with E-state index in [1.165, 1.54) is 19.3 Å². The summed E-state index contributed by atoms with van der Waals surface area (Å²) in [4.78, 5) is 0. The number of benzene rings is 1. The van der Waals surface area contributed by atoms with E-state index < -0.39 is 0 Å². The highest BCUT2D eigenvalue weighted by Gasteiger charge is 2.22. The molecular formula is C14H22N2. The van der Waals surface area contributed by atoms with Gasteiger partial charge in [-0.2, -0.15) is 0 Å². The molecule has 2 atom stereocenters. The number of hydrogen-bond donors (Lipinski definition) is 2. The molecule has 3 N–H and O–H groups in total. The standard InChI is InChI=1S/C14H22N2/c1-10-4-3-5-12(10)9-16-13-7-6-11(2)14(15)8-13/h6-8,10,12,16H,3-5,9,15H2,1-2H3. The van der Waals surface area contributed by atoms with Gasteiger partial charge in [-0.15, -0.1) is 0 Å². The van der Waals surface area contributed by atoms with Crippen LogP contribution in [0.1, 0.15) is 31.7 Å². The molecule has 2 heteroatoms. The summed E-state index contributed by atoms with van der Waals surface area (Å²) in [6, 6.07) is 6.23. The minimum Gasteiger partial charge on any atom is -0.398 e. The van der Waals surface area contributed by atoms with Crippen LogP contribution in [-0.2, 0) is 0 Å². The summed E-state index contributed by atoms with van der Waals surface area (Å²) >= 11 is 0. The lowest BCUT2D eigenvalue weighted by Crippen LogP contribution is -2.16. The van der Waals surface area contributed by atoms with Gasteiger partial charge in [0.1, 0.15) is 0 Å². The van der Waals surface area contributed by atoms with Crippen LogP contribution in [0.3, 0.4) is 0 Å². The summed E-state index contributed by atoms with van der Waals surface area (Å²) in [5.41, 5.74) is 9.08. The summed E-state index contributed by atoms with van der Waals surface area (Å²) in [5, 5.41) is 3.51. The van der Waals surface area contributed by atoms with Crippen LogP contribution in [0.15, 0.2) is 18.2 Å². The molecule has 2 nitrogen and oxygen atoms in total. The van der Waals surface area contributed by atoms with Crippen molar-refractivity contribution in [3.8, 4) is 0 Å². The van der Waals surface area contributed by atoms with Crippen molar-refractivity contribution < 1.29 is 0 Å². The maximum Gasteiger partial charge on any atom is 0.0364 e.